The number of aromatic amines is 1. The third-order valence-electron chi connectivity index (χ3n) is 5.75. The minimum absolute atomic E-state index is 0. The van der Waals surface area contributed by atoms with E-state index in [-0.39, 0.29) is 29.9 Å². The number of aromatic nitrogens is 4. The van der Waals surface area contributed by atoms with Crippen LogP contribution in [0.2, 0.25) is 0 Å². The number of rotatable bonds is 3. The summed E-state index contributed by atoms with van der Waals surface area (Å²) in [5.74, 6) is 0.519. The Morgan fingerprint density at radius 3 is 2.93 bits per heavy atom. The largest absolute Gasteiger partial charge is 0.350 e. The summed E-state index contributed by atoms with van der Waals surface area (Å²) in [7, 11) is 0. The zero-order chi connectivity index (χ0) is 18.4. The highest BCUT2D eigenvalue weighted by molar-refractivity contribution is 5.97. The number of pyridine rings is 1. The van der Waals surface area contributed by atoms with Crippen molar-refractivity contribution in [1.82, 2.24) is 30.6 Å². The van der Waals surface area contributed by atoms with Crippen LogP contribution in [0.5, 0.6) is 0 Å². The molecular formula is C19H21ClN6O2. The number of halogens is 1. The molecule has 1 aromatic carbocycles. The first-order valence-electron chi connectivity index (χ1n) is 9.21. The SMILES string of the molecule is Cl.O=C(NC[C@H]1[C@@H]2CNC[C@@H](C2)c2cccc(=O)n21)c1ccc2n[nH]nc2c1. The van der Waals surface area contributed by atoms with Gasteiger partial charge < -0.3 is 15.2 Å². The summed E-state index contributed by atoms with van der Waals surface area (Å²) >= 11 is 0. The van der Waals surface area contributed by atoms with Crippen LogP contribution in [0.25, 0.3) is 11.0 Å². The van der Waals surface area contributed by atoms with Crippen LogP contribution in [-0.2, 0) is 0 Å². The lowest BCUT2D eigenvalue weighted by atomic mass is 9.79. The van der Waals surface area contributed by atoms with Gasteiger partial charge in [-0.3, -0.25) is 9.59 Å². The lowest BCUT2D eigenvalue weighted by molar-refractivity contribution is 0.0932. The van der Waals surface area contributed by atoms with E-state index >= 15 is 0 Å². The first kappa shape index (κ1) is 18.6. The molecule has 0 spiro atoms. The number of hydrogen-bond acceptors (Lipinski definition) is 5. The molecule has 4 heterocycles. The van der Waals surface area contributed by atoms with E-state index in [2.05, 4.69) is 26.0 Å². The number of carbonyl (C=O) groups is 1. The minimum atomic E-state index is -0.170. The summed E-state index contributed by atoms with van der Waals surface area (Å²) < 4.78 is 1.89. The number of benzene rings is 1. The maximum Gasteiger partial charge on any atom is 0.251 e. The van der Waals surface area contributed by atoms with Crippen molar-refractivity contribution in [3.05, 3.63) is 58.0 Å². The highest BCUT2D eigenvalue weighted by Gasteiger charge is 2.37. The van der Waals surface area contributed by atoms with Crippen molar-refractivity contribution in [2.75, 3.05) is 19.6 Å². The Kier molecular flexibility index (Phi) is 4.91. The highest BCUT2D eigenvalue weighted by Crippen LogP contribution is 2.38. The van der Waals surface area contributed by atoms with Crippen molar-refractivity contribution in [2.24, 2.45) is 5.92 Å². The van der Waals surface area contributed by atoms with E-state index in [4.69, 9.17) is 0 Å². The van der Waals surface area contributed by atoms with Crippen molar-refractivity contribution < 1.29 is 4.79 Å². The summed E-state index contributed by atoms with van der Waals surface area (Å²) in [6.07, 6.45) is 1.04. The molecular weight excluding hydrogens is 380 g/mol. The molecule has 3 N–H and O–H groups in total. The number of nitrogens with zero attached hydrogens (tertiary/aromatic N) is 3. The van der Waals surface area contributed by atoms with E-state index in [1.54, 1.807) is 24.3 Å². The second-order valence-corrected chi connectivity index (χ2v) is 7.31. The van der Waals surface area contributed by atoms with Gasteiger partial charge in [0.25, 0.3) is 11.5 Å². The minimum Gasteiger partial charge on any atom is -0.350 e. The van der Waals surface area contributed by atoms with Crippen molar-refractivity contribution in [3.63, 3.8) is 0 Å². The smallest absolute Gasteiger partial charge is 0.251 e. The van der Waals surface area contributed by atoms with Gasteiger partial charge in [0.1, 0.15) is 11.0 Å². The van der Waals surface area contributed by atoms with Gasteiger partial charge in [0.05, 0.1) is 6.04 Å². The Morgan fingerprint density at radius 1 is 1.18 bits per heavy atom. The normalized spacial score (nSPS) is 22.9. The van der Waals surface area contributed by atoms with Crippen LogP contribution in [0.3, 0.4) is 0 Å². The van der Waals surface area contributed by atoms with E-state index in [1.165, 1.54) is 0 Å². The predicted molar refractivity (Wildman–Crippen MR) is 107 cm³/mol. The van der Waals surface area contributed by atoms with Crippen LogP contribution in [0, 0.1) is 5.92 Å². The maximum absolute atomic E-state index is 12.7. The first-order chi connectivity index (χ1) is 13.2. The van der Waals surface area contributed by atoms with E-state index in [0.29, 0.717) is 29.5 Å². The Balaban J connectivity index is 0.00000192. The Bertz CT molecular complexity index is 1080. The molecule has 28 heavy (non-hydrogen) atoms. The molecule has 5 rings (SSSR count). The zero-order valence-electron chi connectivity index (χ0n) is 15.1. The molecule has 0 aliphatic carbocycles. The Hall–Kier alpha value is -2.71. The molecule has 2 aromatic heterocycles. The number of amides is 1. The van der Waals surface area contributed by atoms with Crippen LogP contribution in [0.1, 0.15) is 34.4 Å². The van der Waals surface area contributed by atoms with Gasteiger partial charge in [-0.15, -0.1) is 12.4 Å². The molecule has 1 saturated heterocycles. The van der Waals surface area contributed by atoms with Crippen LogP contribution >= 0.6 is 12.4 Å². The topological polar surface area (TPSA) is 105 Å². The lowest BCUT2D eigenvalue weighted by Crippen LogP contribution is -2.50. The monoisotopic (exact) mass is 400 g/mol. The van der Waals surface area contributed by atoms with Gasteiger partial charge in [-0.05, 0) is 36.6 Å². The van der Waals surface area contributed by atoms with Gasteiger partial charge in [-0.1, -0.05) is 6.07 Å². The van der Waals surface area contributed by atoms with E-state index in [0.717, 1.165) is 30.7 Å². The Morgan fingerprint density at radius 2 is 2.04 bits per heavy atom. The maximum atomic E-state index is 12.7. The van der Waals surface area contributed by atoms with Gasteiger partial charge in [0, 0.05) is 42.9 Å². The summed E-state index contributed by atoms with van der Waals surface area (Å²) in [5, 5.41) is 17.1. The quantitative estimate of drug-likeness (QED) is 0.613. The number of carbonyl (C=O) groups excluding carboxylic acids is 1. The third-order valence-corrected chi connectivity index (χ3v) is 5.75. The standard InChI is InChI=1S/C19H20N6O2.ClH/c26-18-3-1-2-16-12-6-13(9-20-8-12)17(25(16)18)10-21-19(27)11-4-5-14-15(7-11)23-24-22-14;/h1-5,7,12-13,17,20H,6,8-10H2,(H,21,27)(H,22,23,24);1H/t12-,13+,17+;/m1./s1. The van der Waals surface area contributed by atoms with Crippen LogP contribution in [0.15, 0.2) is 41.2 Å². The molecule has 3 atom stereocenters. The fourth-order valence-electron chi connectivity index (χ4n) is 4.45. The molecule has 3 aromatic rings. The fourth-order valence-corrected chi connectivity index (χ4v) is 4.45. The van der Waals surface area contributed by atoms with E-state index in [1.807, 2.05) is 16.7 Å². The molecule has 1 amide bonds. The van der Waals surface area contributed by atoms with Crippen LogP contribution in [0.4, 0.5) is 0 Å². The summed E-state index contributed by atoms with van der Waals surface area (Å²) in [6.45, 7) is 2.19. The molecule has 0 unspecified atom stereocenters. The average Bonchev–Trinajstić information content (AvgIpc) is 3.16. The predicted octanol–water partition coefficient (Wildman–Crippen LogP) is 1.22. The fraction of sp³-hybridized carbons (Fsp3) is 0.368. The zero-order valence-corrected chi connectivity index (χ0v) is 15.9. The van der Waals surface area contributed by atoms with Crippen molar-refractivity contribution >= 4 is 29.3 Å². The molecule has 8 nitrogen and oxygen atoms in total. The van der Waals surface area contributed by atoms with Crippen LogP contribution < -0.4 is 16.2 Å². The molecule has 1 fully saturated rings. The van der Waals surface area contributed by atoms with Crippen LogP contribution in [-0.4, -0.2) is 45.5 Å². The average molecular weight is 401 g/mol. The summed E-state index contributed by atoms with van der Waals surface area (Å²) in [6, 6.07) is 10.6. The number of H-pyrrole nitrogens is 1. The van der Waals surface area contributed by atoms with Gasteiger partial charge in [0.2, 0.25) is 0 Å². The van der Waals surface area contributed by atoms with Gasteiger partial charge in [-0.25, -0.2) is 0 Å². The van der Waals surface area contributed by atoms with Crippen molar-refractivity contribution in [3.8, 4) is 0 Å². The summed E-state index contributed by atoms with van der Waals surface area (Å²) in [4.78, 5) is 25.2. The molecule has 2 aliphatic rings. The van der Waals surface area contributed by atoms with Gasteiger partial charge >= 0.3 is 0 Å². The van der Waals surface area contributed by atoms with Crippen molar-refractivity contribution in [2.45, 2.75) is 18.4 Å². The summed E-state index contributed by atoms with van der Waals surface area (Å²) in [5.41, 5.74) is 2.98. The number of nitrogens with one attached hydrogen (secondary N) is 3. The van der Waals surface area contributed by atoms with E-state index in [9.17, 15) is 9.59 Å². The second-order valence-electron chi connectivity index (χ2n) is 7.31. The number of fused-ring (bicyclic) bond motifs is 5. The molecule has 0 radical (unpaired) electrons. The molecule has 0 saturated carbocycles. The molecule has 2 bridgehead atoms. The lowest BCUT2D eigenvalue weighted by Gasteiger charge is -2.43. The van der Waals surface area contributed by atoms with Gasteiger partial charge in [0.15, 0.2) is 0 Å². The number of piperidine rings is 1. The van der Waals surface area contributed by atoms with E-state index < -0.39 is 0 Å². The first-order valence-corrected chi connectivity index (χ1v) is 9.21. The Labute approximate surface area is 167 Å². The number of hydrogen-bond donors (Lipinski definition) is 3. The van der Waals surface area contributed by atoms with Crippen molar-refractivity contribution in [1.29, 1.82) is 0 Å². The highest BCUT2D eigenvalue weighted by atomic mass is 35.5. The molecule has 9 heteroatoms. The third kappa shape index (κ3) is 3.08. The van der Waals surface area contributed by atoms with Gasteiger partial charge in [-0.2, -0.15) is 15.4 Å². The second kappa shape index (κ2) is 7.37. The molecule has 2 aliphatic heterocycles. The molecule has 146 valence electrons.